The summed E-state index contributed by atoms with van der Waals surface area (Å²) in [5, 5.41) is 2.76. The van der Waals surface area contributed by atoms with E-state index in [0.717, 1.165) is 17.9 Å². The molecular weight excluding hydrogens is 432 g/mol. The monoisotopic (exact) mass is 470 g/mol. The second kappa shape index (κ2) is 11.2. The Morgan fingerprint density at radius 1 is 1.12 bits per heavy atom. The van der Waals surface area contributed by atoms with Crippen LogP contribution in [0.3, 0.4) is 0 Å². The largest absolute Gasteiger partial charge is 0.497 e. The minimum atomic E-state index is -0.621. The molecule has 3 aliphatic rings. The number of benzene rings is 1. The van der Waals surface area contributed by atoms with E-state index in [4.69, 9.17) is 4.74 Å². The Hall–Kier alpha value is -2.61. The molecule has 34 heavy (non-hydrogen) atoms. The van der Waals surface area contributed by atoms with Gasteiger partial charge in [-0.05, 0) is 75.2 Å². The van der Waals surface area contributed by atoms with Crippen LogP contribution in [0.4, 0.5) is 4.79 Å². The molecule has 1 aromatic carbocycles. The van der Waals surface area contributed by atoms with E-state index in [-0.39, 0.29) is 24.3 Å². The van der Waals surface area contributed by atoms with Crippen LogP contribution in [-0.2, 0) is 16.0 Å². The zero-order valence-electron chi connectivity index (χ0n) is 20.5. The van der Waals surface area contributed by atoms with Gasteiger partial charge in [0.1, 0.15) is 11.8 Å². The number of carbonyl (C=O) groups excluding carboxylic acids is 3. The summed E-state index contributed by atoms with van der Waals surface area (Å²) in [4.78, 5) is 43.7. The topological polar surface area (TPSA) is 82.2 Å². The highest BCUT2D eigenvalue weighted by Gasteiger charge is 2.38. The summed E-state index contributed by atoms with van der Waals surface area (Å²) < 4.78 is 5.16. The highest BCUT2D eigenvalue weighted by molar-refractivity contribution is 6.04. The van der Waals surface area contributed by atoms with Crippen molar-refractivity contribution in [2.24, 2.45) is 5.92 Å². The van der Waals surface area contributed by atoms with Gasteiger partial charge in [-0.25, -0.2) is 4.79 Å². The number of carbonyl (C=O) groups is 3. The van der Waals surface area contributed by atoms with Gasteiger partial charge >= 0.3 is 6.03 Å². The molecule has 0 bridgehead atoms. The number of imide groups is 1. The number of hydrogen-bond acceptors (Lipinski definition) is 5. The van der Waals surface area contributed by atoms with E-state index in [9.17, 15) is 14.4 Å². The molecule has 3 saturated heterocycles. The number of urea groups is 1. The summed E-state index contributed by atoms with van der Waals surface area (Å²) in [7, 11) is 3.49. The second-order valence-electron chi connectivity index (χ2n) is 9.90. The number of fused-ring (bicyclic) bond motifs is 1. The lowest BCUT2D eigenvalue weighted by molar-refractivity contribution is -0.131. The molecule has 3 atom stereocenters. The average Bonchev–Trinajstić information content (AvgIpc) is 3.13. The van der Waals surface area contributed by atoms with Gasteiger partial charge in [-0.3, -0.25) is 14.5 Å². The lowest BCUT2D eigenvalue weighted by atomic mass is 9.83. The van der Waals surface area contributed by atoms with Crippen molar-refractivity contribution >= 4 is 17.8 Å². The first-order valence-electron chi connectivity index (χ1n) is 12.7. The first-order valence-corrected chi connectivity index (χ1v) is 12.7. The summed E-state index contributed by atoms with van der Waals surface area (Å²) in [5.74, 6) is 1.11. The number of piperidine rings is 2. The molecular formula is C26H38N4O4. The normalized spacial score (nSPS) is 25.1. The highest BCUT2D eigenvalue weighted by Crippen LogP contribution is 2.31. The molecule has 0 saturated carbocycles. The molecule has 3 aliphatic heterocycles. The van der Waals surface area contributed by atoms with E-state index in [1.165, 1.54) is 50.1 Å². The third kappa shape index (κ3) is 5.71. The molecule has 0 aromatic heterocycles. The van der Waals surface area contributed by atoms with Crippen molar-refractivity contribution in [3.63, 3.8) is 0 Å². The van der Waals surface area contributed by atoms with Crippen LogP contribution >= 0.6 is 0 Å². The molecule has 3 fully saturated rings. The first kappa shape index (κ1) is 24.5. The highest BCUT2D eigenvalue weighted by atomic mass is 16.5. The molecule has 8 heteroatoms. The van der Waals surface area contributed by atoms with Gasteiger partial charge in [-0.15, -0.1) is 0 Å². The van der Waals surface area contributed by atoms with Gasteiger partial charge in [-0.1, -0.05) is 18.6 Å². The summed E-state index contributed by atoms with van der Waals surface area (Å²) in [6.45, 7) is 3.48. The molecule has 0 unspecified atom stereocenters. The molecule has 186 valence electrons. The Morgan fingerprint density at radius 2 is 1.88 bits per heavy atom. The number of nitrogens with zero attached hydrogens (tertiary/aromatic N) is 3. The van der Waals surface area contributed by atoms with Crippen LogP contribution in [0.15, 0.2) is 24.3 Å². The van der Waals surface area contributed by atoms with E-state index in [1.54, 1.807) is 7.11 Å². The minimum Gasteiger partial charge on any atom is -0.497 e. The van der Waals surface area contributed by atoms with Gasteiger partial charge in [0.15, 0.2) is 0 Å². The molecule has 1 N–H and O–H groups in total. The van der Waals surface area contributed by atoms with Crippen LogP contribution < -0.4 is 10.1 Å². The molecule has 1 aromatic rings. The Labute approximate surface area is 202 Å². The minimum absolute atomic E-state index is 0.0478. The zero-order valence-corrected chi connectivity index (χ0v) is 20.5. The fourth-order valence-corrected chi connectivity index (χ4v) is 5.72. The predicted octanol–water partition coefficient (Wildman–Crippen LogP) is 2.66. The molecule has 0 radical (unpaired) electrons. The van der Waals surface area contributed by atoms with Gasteiger partial charge in [0.25, 0.3) is 5.91 Å². The number of methoxy groups -OCH3 is 1. The third-order valence-corrected chi connectivity index (χ3v) is 7.70. The van der Waals surface area contributed by atoms with Crippen molar-refractivity contribution in [2.75, 3.05) is 40.3 Å². The summed E-state index contributed by atoms with van der Waals surface area (Å²) >= 11 is 0. The average molecular weight is 471 g/mol. The summed E-state index contributed by atoms with van der Waals surface area (Å²) in [5.41, 5.74) is 1.03. The van der Waals surface area contributed by atoms with Crippen LogP contribution in [0.2, 0.25) is 0 Å². The fraction of sp³-hybridized carbons (Fsp3) is 0.654. The van der Waals surface area contributed by atoms with Crippen LogP contribution in [0.1, 0.15) is 50.5 Å². The van der Waals surface area contributed by atoms with Gasteiger partial charge < -0.3 is 19.9 Å². The predicted molar refractivity (Wildman–Crippen MR) is 130 cm³/mol. The van der Waals surface area contributed by atoms with Crippen molar-refractivity contribution in [1.29, 1.82) is 0 Å². The molecule has 4 amide bonds. The molecule has 0 spiro atoms. The molecule has 0 aliphatic carbocycles. The maximum atomic E-state index is 12.8. The number of hydrogen-bond donors (Lipinski definition) is 1. The van der Waals surface area contributed by atoms with E-state index in [1.807, 2.05) is 36.2 Å². The van der Waals surface area contributed by atoms with E-state index in [2.05, 4.69) is 10.2 Å². The van der Waals surface area contributed by atoms with Crippen molar-refractivity contribution in [3.8, 4) is 5.75 Å². The van der Waals surface area contributed by atoms with Crippen LogP contribution in [0, 0.1) is 5.92 Å². The maximum Gasteiger partial charge on any atom is 0.324 e. The van der Waals surface area contributed by atoms with Crippen molar-refractivity contribution < 1.29 is 19.1 Å². The summed E-state index contributed by atoms with van der Waals surface area (Å²) in [6.07, 6.45) is 7.38. The van der Waals surface area contributed by atoms with Crippen LogP contribution in [-0.4, -0.2) is 85.0 Å². The van der Waals surface area contributed by atoms with Crippen LogP contribution in [0.25, 0.3) is 0 Å². The van der Waals surface area contributed by atoms with Gasteiger partial charge in [-0.2, -0.15) is 0 Å². The van der Waals surface area contributed by atoms with E-state index < -0.39 is 6.04 Å². The fourth-order valence-electron chi connectivity index (χ4n) is 5.72. The zero-order chi connectivity index (χ0) is 24.1. The van der Waals surface area contributed by atoms with Gasteiger partial charge in [0.05, 0.1) is 7.11 Å². The Kier molecular flexibility index (Phi) is 8.08. The van der Waals surface area contributed by atoms with Crippen LogP contribution in [0.5, 0.6) is 5.75 Å². The van der Waals surface area contributed by atoms with Gasteiger partial charge in [0.2, 0.25) is 5.91 Å². The third-order valence-electron chi connectivity index (χ3n) is 7.70. The molecule has 3 heterocycles. The lowest BCUT2D eigenvalue weighted by Crippen LogP contribution is -2.51. The number of nitrogens with one attached hydrogen (secondary N) is 1. The standard InChI is InChI=1S/C26H38N4O4/c1-28(18-20-6-5-16-29-15-4-3-7-23(20)29)24(31)13-12-22-25(32)30(26(33)27-22)17-14-19-8-10-21(34-2)11-9-19/h8-11,20,22-23H,3-7,12-18H2,1-2H3,(H,27,33)/t20-,22+,23+/m0/s1. The Balaban J connectivity index is 1.23. The van der Waals surface area contributed by atoms with Gasteiger partial charge in [0, 0.05) is 32.6 Å². The molecule has 4 rings (SSSR count). The number of rotatable bonds is 9. The molecule has 8 nitrogen and oxygen atoms in total. The Morgan fingerprint density at radius 3 is 2.65 bits per heavy atom. The first-order chi connectivity index (χ1) is 16.5. The number of ether oxygens (including phenoxy) is 1. The van der Waals surface area contributed by atoms with Crippen molar-refractivity contribution in [3.05, 3.63) is 29.8 Å². The van der Waals surface area contributed by atoms with Crippen molar-refractivity contribution in [1.82, 2.24) is 20.0 Å². The number of amides is 4. The lowest BCUT2D eigenvalue weighted by Gasteiger charge is -2.45. The quantitative estimate of drug-likeness (QED) is 0.561. The smallest absolute Gasteiger partial charge is 0.324 e. The maximum absolute atomic E-state index is 12.8. The second-order valence-corrected chi connectivity index (χ2v) is 9.90. The summed E-state index contributed by atoms with van der Waals surface area (Å²) in [6, 6.07) is 7.21. The van der Waals surface area contributed by atoms with E-state index in [0.29, 0.717) is 31.3 Å². The SMILES string of the molecule is COc1ccc(CCN2C(=O)N[C@H](CCC(=O)N(C)C[C@@H]3CCCN4CCCC[C@H]34)C2=O)cc1. The van der Waals surface area contributed by atoms with Crippen molar-refractivity contribution in [2.45, 2.75) is 63.5 Å². The Bertz CT molecular complexity index is 872. The van der Waals surface area contributed by atoms with E-state index >= 15 is 0 Å².